The van der Waals surface area contributed by atoms with Crippen LogP contribution < -0.4 is 0 Å². The molecule has 0 aromatic heterocycles. The third-order valence-electron chi connectivity index (χ3n) is 13.1. The van der Waals surface area contributed by atoms with E-state index in [4.69, 9.17) is 0 Å². The average Bonchev–Trinajstić information content (AvgIpc) is 3.27. The first-order valence-corrected chi connectivity index (χ1v) is 16.0. The lowest BCUT2D eigenvalue weighted by Gasteiger charge is -2.46. The van der Waals surface area contributed by atoms with Crippen LogP contribution in [0.15, 0.2) is 0 Å². The van der Waals surface area contributed by atoms with E-state index in [1.165, 1.54) is 100 Å². The maximum atomic E-state index is 2.43. The van der Waals surface area contributed by atoms with Crippen LogP contribution >= 0.6 is 0 Å². The van der Waals surface area contributed by atoms with Crippen molar-refractivity contribution in [1.82, 2.24) is 0 Å². The first kappa shape index (κ1) is 29.0. The summed E-state index contributed by atoms with van der Waals surface area (Å²) in [4.78, 5) is 0. The molecule has 0 N–H and O–H groups in total. The standard InChI is InChI=1S/C42H50/c1-18-22(5)30(13)38-34(26(18)9)17-35-27(10)19(2)23(6)31(14)39(35)42(38)40-32(15)24(7)20(3)28(11)36(40)37-29(12)21(4)25(8)33(16)41(37)42/h17H2,1-16H3. The van der Waals surface area contributed by atoms with Crippen molar-refractivity contribution >= 4 is 0 Å². The molecule has 6 rings (SSSR count). The maximum absolute atomic E-state index is 2.43. The number of fused-ring (bicyclic) bond motifs is 9. The minimum atomic E-state index is -0.338. The van der Waals surface area contributed by atoms with Crippen LogP contribution in [0, 0.1) is 111 Å². The van der Waals surface area contributed by atoms with Crippen molar-refractivity contribution in [2.45, 2.75) is 123 Å². The van der Waals surface area contributed by atoms with Gasteiger partial charge in [-0.3, -0.25) is 0 Å². The summed E-state index contributed by atoms with van der Waals surface area (Å²) in [6.45, 7) is 38.2. The molecule has 2 aliphatic rings. The quantitative estimate of drug-likeness (QED) is 0.175. The Morgan fingerprint density at radius 1 is 0.262 bits per heavy atom. The predicted octanol–water partition coefficient (Wildman–Crippen LogP) is 10.9. The van der Waals surface area contributed by atoms with Crippen molar-refractivity contribution in [3.8, 4) is 11.1 Å². The topological polar surface area (TPSA) is 0 Å². The van der Waals surface area contributed by atoms with Crippen LogP contribution in [0.2, 0.25) is 0 Å². The summed E-state index contributed by atoms with van der Waals surface area (Å²) >= 11 is 0. The highest BCUT2D eigenvalue weighted by Crippen LogP contribution is 2.65. The first-order valence-electron chi connectivity index (χ1n) is 16.0. The van der Waals surface area contributed by atoms with E-state index in [0.29, 0.717) is 0 Å². The van der Waals surface area contributed by atoms with E-state index >= 15 is 0 Å². The van der Waals surface area contributed by atoms with E-state index in [1.807, 2.05) is 0 Å². The molecule has 42 heavy (non-hydrogen) atoms. The monoisotopic (exact) mass is 554 g/mol. The third-order valence-corrected chi connectivity index (χ3v) is 13.1. The largest absolute Gasteiger partial charge is 0.0730 e. The number of hydrogen-bond donors (Lipinski definition) is 0. The second-order valence-corrected chi connectivity index (χ2v) is 14.1. The van der Waals surface area contributed by atoms with Crippen molar-refractivity contribution in [3.63, 3.8) is 0 Å². The molecule has 0 nitrogen and oxygen atoms in total. The molecule has 0 heterocycles. The Bertz CT molecular complexity index is 1790. The first-order chi connectivity index (χ1) is 19.5. The van der Waals surface area contributed by atoms with Crippen LogP contribution in [0.3, 0.4) is 0 Å². The Labute approximate surface area is 255 Å². The van der Waals surface area contributed by atoms with Crippen LogP contribution in [0.1, 0.15) is 122 Å². The molecule has 0 bridgehead atoms. The predicted molar refractivity (Wildman–Crippen MR) is 182 cm³/mol. The lowest BCUT2D eigenvalue weighted by atomic mass is 9.55. The Kier molecular flexibility index (Phi) is 6.17. The van der Waals surface area contributed by atoms with E-state index < -0.39 is 0 Å². The van der Waals surface area contributed by atoms with E-state index in [1.54, 1.807) is 33.4 Å². The van der Waals surface area contributed by atoms with Gasteiger partial charge in [0, 0.05) is 0 Å². The Morgan fingerprint density at radius 3 is 0.810 bits per heavy atom. The molecule has 0 atom stereocenters. The lowest BCUT2D eigenvalue weighted by molar-refractivity contribution is 0.686. The molecule has 2 aliphatic carbocycles. The summed E-state index contributed by atoms with van der Waals surface area (Å²) in [5.74, 6) is 0. The molecule has 0 heteroatoms. The molecule has 218 valence electrons. The summed E-state index contributed by atoms with van der Waals surface area (Å²) in [5, 5.41) is 0. The number of rotatable bonds is 0. The molecule has 0 radical (unpaired) electrons. The summed E-state index contributed by atoms with van der Waals surface area (Å²) in [6, 6.07) is 0. The van der Waals surface area contributed by atoms with Crippen molar-refractivity contribution in [2.75, 3.05) is 0 Å². The molecule has 4 aromatic rings. The van der Waals surface area contributed by atoms with Gasteiger partial charge in [-0.05, 0) is 251 Å². The van der Waals surface area contributed by atoms with Crippen LogP contribution in [0.4, 0.5) is 0 Å². The molecule has 0 aliphatic heterocycles. The zero-order valence-corrected chi connectivity index (χ0v) is 29.2. The SMILES string of the molecule is Cc1c(C)c(C)c2c(c1C)Cc1c(C)c(C)c(C)c(C)c1C21c2c(C)c(C)c(C)c(C)c2-c2c(C)c(C)c(C)c(C)c21. The smallest absolute Gasteiger partial charge is 0.0447 e. The molecule has 1 spiro atoms. The van der Waals surface area contributed by atoms with Crippen molar-refractivity contribution in [1.29, 1.82) is 0 Å². The lowest BCUT2D eigenvalue weighted by Crippen LogP contribution is -2.39. The molecule has 0 saturated carbocycles. The van der Waals surface area contributed by atoms with Gasteiger partial charge in [-0.2, -0.15) is 0 Å². The average molecular weight is 555 g/mol. The fourth-order valence-corrected chi connectivity index (χ4v) is 9.35. The van der Waals surface area contributed by atoms with Crippen molar-refractivity contribution < 1.29 is 0 Å². The summed E-state index contributed by atoms with van der Waals surface area (Å²) in [5.41, 5.74) is 35.6. The Balaban J connectivity index is 2.09. The molecule has 0 unspecified atom stereocenters. The second kappa shape index (κ2) is 8.95. The van der Waals surface area contributed by atoms with Gasteiger partial charge in [0.15, 0.2) is 0 Å². The van der Waals surface area contributed by atoms with Gasteiger partial charge in [0.1, 0.15) is 0 Å². The van der Waals surface area contributed by atoms with E-state index in [2.05, 4.69) is 111 Å². The van der Waals surface area contributed by atoms with E-state index in [0.717, 1.165) is 6.42 Å². The zero-order chi connectivity index (χ0) is 31.1. The van der Waals surface area contributed by atoms with Gasteiger partial charge in [-0.15, -0.1) is 0 Å². The van der Waals surface area contributed by atoms with Gasteiger partial charge in [-0.25, -0.2) is 0 Å². The highest BCUT2D eigenvalue weighted by Gasteiger charge is 2.55. The molecule has 4 aromatic carbocycles. The summed E-state index contributed by atoms with van der Waals surface area (Å²) < 4.78 is 0. The number of hydrogen-bond acceptors (Lipinski definition) is 0. The third kappa shape index (κ3) is 3.04. The highest BCUT2D eigenvalue weighted by atomic mass is 14.6. The summed E-state index contributed by atoms with van der Waals surface area (Å²) in [6.07, 6.45) is 1.02. The summed E-state index contributed by atoms with van der Waals surface area (Å²) in [7, 11) is 0. The van der Waals surface area contributed by atoms with Gasteiger partial charge >= 0.3 is 0 Å². The van der Waals surface area contributed by atoms with Gasteiger partial charge in [-0.1, -0.05) is 0 Å². The van der Waals surface area contributed by atoms with Gasteiger partial charge in [0.25, 0.3) is 0 Å². The molecular weight excluding hydrogens is 504 g/mol. The van der Waals surface area contributed by atoms with E-state index in [9.17, 15) is 0 Å². The van der Waals surface area contributed by atoms with Gasteiger partial charge in [0.2, 0.25) is 0 Å². The van der Waals surface area contributed by atoms with Crippen LogP contribution in [-0.2, 0) is 11.8 Å². The van der Waals surface area contributed by atoms with E-state index in [-0.39, 0.29) is 5.41 Å². The fraction of sp³-hybridized carbons (Fsp3) is 0.429. The maximum Gasteiger partial charge on any atom is 0.0730 e. The van der Waals surface area contributed by atoms with Crippen molar-refractivity contribution in [2.24, 2.45) is 0 Å². The van der Waals surface area contributed by atoms with Crippen LogP contribution in [0.5, 0.6) is 0 Å². The molecular formula is C42H50. The van der Waals surface area contributed by atoms with Gasteiger partial charge in [0.05, 0.1) is 5.41 Å². The second-order valence-electron chi connectivity index (χ2n) is 14.1. The molecule has 0 fully saturated rings. The van der Waals surface area contributed by atoms with Crippen LogP contribution in [0.25, 0.3) is 11.1 Å². The minimum absolute atomic E-state index is 0.338. The Morgan fingerprint density at radius 2 is 0.500 bits per heavy atom. The number of benzene rings is 4. The molecule has 0 amide bonds. The minimum Gasteiger partial charge on any atom is -0.0447 e. The molecule has 0 saturated heterocycles. The van der Waals surface area contributed by atoms with Gasteiger partial charge < -0.3 is 0 Å². The normalized spacial score (nSPS) is 14.3. The van der Waals surface area contributed by atoms with Crippen molar-refractivity contribution in [3.05, 3.63) is 122 Å². The van der Waals surface area contributed by atoms with Crippen LogP contribution in [-0.4, -0.2) is 0 Å². The Hall–Kier alpha value is -3.12. The highest BCUT2D eigenvalue weighted by molar-refractivity contribution is 5.96. The zero-order valence-electron chi connectivity index (χ0n) is 29.2. The fourth-order valence-electron chi connectivity index (χ4n) is 9.35.